The molecule has 1 amide bonds. The van der Waals surface area contributed by atoms with E-state index >= 15 is 0 Å². The first-order chi connectivity index (χ1) is 7.15. The van der Waals surface area contributed by atoms with Gasteiger partial charge in [-0.1, -0.05) is 31.4 Å². The molecule has 1 rings (SSSR count). The van der Waals surface area contributed by atoms with Crippen molar-refractivity contribution in [2.75, 3.05) is 0 Å². The second kappa shape index (κ2) is 5.71. The highest BCUT2D eigenvalue weighted by Crippen LogP contribution is 2.16. The minimum atomic E-state index is -0.501. The molecule has 2 N–H and O–H groups in total. The molecule has 0 aliphatic carbocycles. The fourth-order valence-corrected chi connectivity index (χ4v) is 1.56. The predicted molar refractivity (Wildman–Crippen MR) is 61.0 cm³/mol. The quantitative estimate of drug-likeness (QED) is 0.785. The van der Waals surface area contributed by atoms with Gasteiger partial charge in [0.15, 0.2) is 0 Å². The van der Waals surface area contributed by atoms with Gasteiger partial charge >= 0.3 is 0 Å². The number of rotatable bonds is 5. The summed E-state index contributed by atoms with van der Waals surface area (Å²) >= 11 is 5.79. The predicted octanol–water partition coefficient (Wildman–Crippen LogP) is 2.57. The van der Waals surface area contributed by atoms with Crippen LogP contribution in [-0.2, 0) is 6.42 Å². The summed E-state index contributed by atoms with van der Waals surface area (Å²) in [6.45, 7) is 2.14. The van der Waals surface area contributed by atoms with Gasteiger partial charge in [-0.2, -0.15) is 0 Å². The van der Waals surface area contributed by atoms with Crippen LogP contribution >= 0.6 is 11.6 Å². The Morgan fingerprint density at radius 1 is 1.53 bits per heavy atom. The molecule has 1 aromatic rings. The van der Waals surface area contributed by atoms with E-state index in [4.69, 9.17) is 17.3 Å². The summed E-state index contributed by atoms with van der Waals surface area (Å²) in [5.74, 6) is -0.501. The highest BCUT2D eigenvalue weighted by molar-refractivity contribution is 6.33. The summed E-state index contributed by atoms with van der Waals surface area (Å²) in [6.07, 6.45) is 5.75. The lowest BCUT2D eigenvalue weighted by Crippen LogP contribution is -2.12. The van der Waals surface area contributed by atoms with E-state index in [2.05, 4.69) is 11.9 Å². The lowest BCUT2D eigenvalue weighted by atomic mass is 10.1. The molecule has 0 bridgehead atoms. The van der Waals surface area contributed by atoms with Gasteiger partial charge in [0.25, 0.3) is 0 Å². The van der Waals surface area contributed by atoms with Crippen LogP contribution in [0.1, 0.15) is 42.2 Å². The number of primary amides is 1. The number of hydrogen-bond donors (Lipinski definition) is 1. The van der Waals surface area contributed by atoms with E-state index in [0.29, 0.717) is 10.6 Å². The van der Waals surface area contributed by atoms with E-state index in [-0.39, 0.29) is 0 Å². The van der Waals surface area contributed by atoms with Crippen molar-refractivity contribution in [2.24, 2.45) is 5.73 Å². The Morgan fingerprint density at radius 3 is 2.87 bits per heavy atom. The van der Waals surface area contributed by atoms with Crippen molar-refractivity contribution in [3.63, 3.8) is 0 Å². The van der Waals surface area contributed by atoms with E-state index in [0.717, 1.165) is 31.4 Å². The Hall–Kier alpha value is -1.09. The van der Waals surface area contributed by atoms with Crippen LogP contribution in [0, 0.1) is 0 Å². The topological polar surface area (TPSA) is 56.0 Å². The normalized spacial score (nSPS) is 10.3. The number of nitrogens with zero attached hydrogens (tertiary/aromatic N) is 1. The smallest absolute Gasteiger partial charge is 0.250 e. The molecule has 0 saturated heterocycles. The maximum Gasteiger partial charge on any atom is 0.250 e. The molecule has 1 aromatic heterocycles. The van der Waals surface area contributed by atoms with Gasteiger partial charge < -0.3 is 5.73 Å². The maximum atomic E-state index is 11.0. The van der Waals surface area contributed by atoms with Gasteiger partial charge in [-0.25, -0.2) is 0 Å². The molecular formula is C11H15ClN2O. The Balaban J connectivity index is 2.74. The van der Waals surface area contributed by atoms with Gasteiger partial charge in [0.05, 0.1) is 10.6 Å². The van der Waals surface area contributed by atoms with E-state index in [9.17, 15) is 4.79 Å². The zero-order valence-electron chi connectivity index (χ0n) is 8.79. The molecule has 3 nitrogen and oxygen atoms in total. The zero-order valence-corrected chi connectivity index (χ0v) is 9.55. The third-order valence-electron chi connectivity index (χ3n) is 2.21. The fourth-order valence-electron chi connectivity index (χ4n) is 1.36. The van der Waals surface area contributed by atoms with Gasteiger partial charge in [-0.15, -0.1) is 0 Å². The van der Waals surface area contributed by atoms with Crippen LogP contribution in [0.3, 0.4) is 0 Å². The summed E-state index contributed by atoms with van der Waals surface area (Å²) in [4.78, 5) is 15.2. The van der Waals surface area contributed by atoms with Crippen molar-refractivity contribution in [2.45, 2.75) is 32.6 Å². The molecule has 0 radical (unpaired) electrons. The molecule has 0 spiro atoms. The Bertz CT molecular complexity index is 352. The number of aryl methyl sites for hydroxylation is 1. The van der Waals surface area contributed by atoms with Crippen LogP contribution in [-0.4, -0.2) is 10.9 Å². The van der Waals surface area contributed by atoms with E-state index in [1.54, 1.807) is 6.07 Å². The fraction of sp³-hybridized carbons (Fsp3) is 0.455. The van der Waals surface area contributed by atoms with E-state index < -0.39 is 5.91 Å². The van der Waals surface area contributed by atoms with E-state index in [1.807, 2.05) is 0 Å². The lowest BCUT2D eigenvalue weighted by Gasteiger charge is -2.03. The molecular weight excluding hydrogens is 212 g/mol. The number of amides is 1. The molecule has 0 saturated carbocycles. The first-order valence-corrected chi connectivity index (χ1v) is 5.47. The summed E-state index contributed by atoms with van der Waals surface area (Å²) < 4.78 is 0. The molecule has 15 heavy (non-hydrogen) atoms. The van der Waals surface area contributed by atoms with Crippen molar-refractivity contribution >= 4 is 17.5 Å². The largest absolute Gasteiger partial charge is 0.366 e. The number of aromatic nitrogens is 1. The number of nitrogens with two attached hydrogens (primary N) is 1. The van der Waals surface area contributed by atoms with Gasteiger partial charge in [-0.05, 0) is 18.9 Å². The summed E-state index contributed by atoms with van der Waals surface area (Å²) in [5.41, 5.74) is 6.42. The summed E-state index contributed by atoms with van der Waals surface area (Å²) in [5, 5.41) is 0.321. The molecule has 0 aliphatic rings. The maximum absolute atomic E-state index is 11.0. The number of carbonyl (C=O) groups is 1. The van der Waals surface area contributed by atoms with Gasteiger partial charge in [0, 0.05) is 11.9 Å². The average Bonchev–Trinajstić information content (AvgIpc) is 2.20. The van der Waals surface area contributed by atoms with Crippen LogP contribution in [0.25, 0.3) is 0 Å². The number of halogens is 1. The average molecular weight is 227 g/mol. The summed E-state index contributed by atoms with van der Waals surface area (Å²) in [7, 11) is 0. The first kappa shape index (κ1) is 12.0. The van der Waals surface area contributed by atoms with Crippen molar-refractivity contribution in [3.05, 3.63) is 28.5 Å². The standard InChI is InChI=1S/C11H15ClN2O/c1-2-3-4-5-8-6-9(11(13)15)10(12)7-14-8/h6-7H,2-5H2,1H3,(H2,13,15). The van der Waals surface area contributed by atoms with E-state index in [1.165, 1.54) is 6.20 Å². The molecule has 0 fully saturated rings. The van der Waals surface area contributed by atoms with Gasteiger partial charge in [0.1, 0.15) is 0 Å². The monoisotopic (exact) mass is 226 g/mol. The van der Waals surface area contributed by atoms with Crippen LogP contribution in [0.5, 0.6) is 0 Å². The molecule has 82 valence electrons. The second-order valence-electron chi connectivity index (χ2n) is 3.48. The zero-order chi connectivity index (χ0) is 11.3. The second-order valence-corrected chi connectivity index (χ2v) is 3.88. The third kappa shape index (κ3) is 3.51. The van der Waals surface area contributed by atoms with Crippen molar-refractivity contribution < 1.29 is 4.79 Å². The van der Waals surface area contributed by atoms with Crippen LogP contribution in [0.15, 0.2) is 12.3 Å². The SMILES string of the molecule is CCCCCc1cc(C(N)=O)c(Cl)cn1. The lowest BCUT2D eigenvalue weighted by molar-refractivity contribution is 0.1000. The molecule has 0 unspecified atom stereocenters. The third-order valence-corrected chi connectivity index (χ3v) is 2.52. The number of hydrogen-bond acceptors (Lipinski definition) is 2. The Morgan fingerprint density at radius 2 is 2.27 bits per heavy atom. The van der Waals surface area contributed by atoms with Crippen molar-refractivity contribution in [1.82, 2.24) is 4.98 Å². The van der Waals surface area contributed by atoms with Gasteiger partial charge in [0.2, 0.25) is 5.91 Å². The minimum Gasteiger partial charge on any atom is -0.366 e. The summed E-state index contributed by atoms with van der Waals surface area (Å²) in [6, 6.07) is 1.68. The first-order valence-electron chi connectivity index (χ1n) is 5.09. The Labute approximate surface area is 94.6 Å². The van der Waals surface area contributed by atoms with Crippen molar-refractivity contribution in [1.29, 1.82) is 0 Å². The van der Waals surface area contributed by atoms with Crippen LogP contribution in [0.2, 0.25) is 5.02 Å². The van der Waals surface area contributed by atoms with Gasteiger partial charge in [-0.3, -0.25) is 9.78 Å². The number of unbranched alkanes of at least 4 members (excludes halogenated alkanes) is 2. The molecule has 0 atom stereocenters. The van der Waals surface area contributed by atoms with Crippen molar-refractivity contribution in [3.8, 4) is 0 Å². The highest BCUT2D eigenvalue weighted by atomic mass is 35.5. The Kier molecular flexibility index (Phi) is 4.56. The molecule has 1 heterocycles. The highest BCUT2D eigenvalue weighted by Gasteiger charge is 2.08. The molecule has 0 aliphatic heterocycles. The minimum absolute atomic E-state index is 0.321. The van der Waals surface area contributed by atoms with Crippen LogP contribution < -0.4 is 5.73 Å². The van der Waals surface area contributed by atoms with Crippen LogP contribution in [0.4, 0.5) is 0 Å². The molecule has 4 heteroatoms. The number of pyridine rings is 1. The molecule has 0 aromatic carbocycles. The number of carbonyl (C=O) groups excluding carboxylic acids is 1.